The molecule has 1 aromatic carbocycles. The van der Waals surface area contributed by atoms with Gasteiger partial charge in [-0.25, -0.2) is 9.69 Å². The molecule has 5 nitrogen and oxygen atoms in total. The molecule has 0 saturated carbocycles. The highest BCUT2D eigenvalue weighted by Crippen LogP contribution is 2.37. The molecule has 1 aromatic heterocycles. The number of hydrogen-bond acceptors (Lipinski definition) is 4. The van der Waals surface area contributed by atoms with Gasteiger partial charge in [0, 0.05) is 23.3 Å². The van der Waals surface area contributed by atoms with E-state index in [1.807, 2.05) is 13.0 Å². The molecule has 1 aliphatic heterocycles. The Labute approximate surface area is 158 Å². The summed E-state index contributed by atoms with van der Waals surface area (Å²) in [7, 11) is 0. The number of aryl methyl sites for hydroxylation is 1. The molecule has 1 fully saturated rings. The van der Waals surface area contributed by atoms with E-state index in [-0.39, 0.29) is 35.4 Å². The Hall–Kier alpha value is -2.55. The molecule has 0 unspecified atom stereocenters. The summed E-state index contributed by atoms with van der Waals surface area (Å²) >= 11 is -0.245. The van der Waals surface area contributed by atoms with Gasteiger partial charge in [0.05, 0.1) is 5.69 Å². The average Bonchev–Trinajstić information content (AvgIpc) is 2.88. The van der Waals surface area contributed by atoms with E-state index < -0.39 is 17.4 Å². The summed E-state index contributed by atoms with van der Waals surface area (Å²) in [6.07, 6.45) is 2.42. The van der Waals surface area contributed by atoms with Crippen molar-refractivity contribution < 1.29 is 22.8 Å². The molecule has 0 atom stereocenters. The van der Waals surface area contributed by atoms with Crippen molar-refractivity contribution in [1.29, 1.82) is 0 Å². The minimum atomic E-state index is -4.39. The van der Waals surface area contributed by atoms with Crippen LogP contribution in [0.1, 0.15) is 18.2 Å². The predicted octanol–water partition coefficient (Wildman–Crippen LogP) is 4.22. The van der Waals surface area contributed by atoms with Crippen LogP contribution >= 0.6 is 11.8 Å². The number of carbonyl (C=O) groups excluding carboxylic acids is 2. The van der Waals surface area contributed by atoms with Crippen LogP contribution in [-0.4, -0.2) is 33.9 Å². The minimum Gasteiger partial charge on any atom is -0.310 e. The lowest BCUT2D eigenvalue weighted by Gasteiger charge is -2.17. The molecule has 9 heteroatoms. The molecule has 142 valence electrons. The Bertz CT molecular complexity index is 856. The number of alkyl halides is 3. The van der Waals surface area contributed by atoms with Crippen molar-refractivity contribution in [2.24, 2.45) is 0 Å². The number of benzene rings is 1. The van der Waals surface area contributed by atoms with Gasteiger partial charge in [-0.15, -0.1) is 0 Å². The number of anilines is 1. The minimum absolute atomic E-state index is 0.00826. The molecule has 0 bridgehead atoms. The fourth-order valence-electron chi connectivity index (χ4n) is 2.76. The molecule has 2 aromatic rings. The number of halogens is 3. The Morgan fingerprint density at radius 3 is 2.48 bits per heavy atom. The number of hydrogen-bond donors (Lipinski definition) is 0. The van der Waals surface area contributed by atoms with Crippen molar-refractivity contribution in [2.75, 3.05) is 11.4 Å². The fraction of sp³-hybridized carbons (Fsp3) is 0.278. The third kappa shape index (κ3) is 4.60. The monoisotopic (exact) mass is 395 g/mol. The second kappa shape index (κ2) is 7.59. The Balaban J connectivity index is 1.74. The molecule has 1 saturated heterocycles. The topological polar surface area (TPSA) is 53.5 Å². The first-order chi connectivity index (χ1) is 12.8. The van der Waals surface area contributed by atoms with E-state index in [0.717, 1.165) is 22.6 Å². The first-order valence-corrected chi connectivity index (χ1v) is 9.00. The summed E-state index contributed by atoms with van der Waals surface area (Å²) < 4.78 is 37.2. The Kier molecular flexibility index (Phi) is 5.41. The quantitative estimate of drug-likeness (QED) is 0.562. The molecule has 0 spiro atoms. The van der Waals surface area contributed by atoms with E-state index in [2.05, 4.69) is 4.98 Å². The smallest absolute Gasteiger partial charge is 0.310 e. The predicted molar refractivity (Wildman–Crippen MR) is 95.3 cm³/mol. The zero-order valence-corrected chi connectivity index (χ0v) is 15.2. The van der Waals surface area contributed by atoms with Gasteiger partial charge in [0.2, 0.25) is 0 Å². The maximum Gasteiger partial charge on any atom is 0.446 e. The molecule has 0 N–H and O–H groups in total. The van der Waals surface area contributed by atoms with E-state index in [1.165, 1.54) is 29.2 Å². The molecule has 3 amide bonds. The highest BCUT2D eigenvalue weighted by molar-refractivity contribution is 8.00. The summed E-state index contributed by atoms with van der Waals surface area (Å²) in [6.45, 7) is 2.15. The van der Waals surface area contributed by atoms with Crippen LogP contribution in [0.25, 0.3) is 0 Å². The average molecular weight is 395 g/mol. The van der Waals surface area contributed by atoms with Crippen LogP contribution in [0.4, 0.5) is 23.7 Å². The maximum absolute atomic E-state index is 12.6. The van der Waals surface area contributed by atoms with Crippen LogP contribution in [0.3, 0.4) is 0 Å². The normalized spacial score (nSPS) is 15.0. The summed E-state index contributed by atoms with van der Waals surface area (Å²) in [5.74, 6) is -0.416. The number of imide groups is 1. The van der Waals surface area contributed by atoms with Crippen molar-refractivity contribution in [2.45, 2.75) is 30.3 Å². The van der Waals surface area contributed by atoms with Crippen LogP contribution < -0.4 is 4.90 Å². The maximum atomic E-state index is 12.6. The Morgan fingerprint density at radius 1 is 1.15 bits per heavy atom. The van der Waals surface area contributed by atoms with Crippen LogP contribution in [0.15, 0.2) is 47.5 Å². The van der Waals surface area contributed by atoms with E-state index in [9.17, 15) is 22.8 Å². The van der Waals surface area contributed by atoms with Crippen LogP contribution in [-0.2, 0) is 17.8 Å². The number of nitrogens with zero attached hydrogens (tertiary/aromatic N) is 3. The van der Waals surface area contributed by atoms with Gasteiger partial charge in [-0.1, -0.05) is 6.92 Å². The Morgan fingerprint density at radius 2 is 1.85 bits per heavy atom. The van der Waals surface area contributed by atoms with Crippen molar-refractivity contribution >= 4 is 29.4 Å². The van der Waals surface area contributed by atoms with Crippen LogP contribution in [0, 0.1) is 0 Å². The standard InChI is InChI=1S/C18H16F3N3O2S/c1-2-13-9-12(7-8-22-13)10-23-11-16(25)24(17(23)26)14-3-5-15(6-4-14)27-18(19,20)21/h3-9H,2,10-11H2,1H3. The third-order valence-corrected chi connectivity index (χ3v) is 4.72. The van der Waals surface area contributed by atoms with Crippen molar-refractivity contribution in [3.63, 3.8) is 0 Å². The zero-order chi connectivity index (χ0) is 19.6. The lowest BCUT2D eigenvalue weighted by Crippen LogP contribution is -2.32. The SMILES string of the molecule is CCc1cc(CN2CC(=O)N(c3ccc(SC(F)(F)F)cc3)C2=O)ccn1. The molecular formula is C18H16F3N3O2S. The van der Waals surface area contributed by atoms with Gasteiger partial charge < -0.3 is 4.90 Å². The number of aromatic nitrogens is 1. The van der Waals surface area contributed by atoms with Crippen molar-refractivity contribution in [3.05, 3.63) is 53.9 Å². The number of pyridine rings is 1. The highest BCUT2D eigenvalue weighted by Gasteiger charge is 2.37. The molecular weight excluding hydrogens is 379 g/mol. The van der Waals surface area contributed by atoms with Gasteiger partial charge >= 0.3 is 11.5 Å². The first-order valence-electron chi connectivity index (χ1n) is 8.18. The van der Waals surface area contributed by atoms with E-state index in [1.54, 1.807) is 12.3 Å². The summed E-state index contributed by atoms with van der Waals surface area (Å²) in [4.78, 5) is 31.5. The largest absolute Gasteiger partial charge is 0.446 e. The van der Waals surface area contributed by atoms with E-state index in [4.69, 9.17) is 0 Å². The second-order valence-electron chi connectivity index (χ2n) is 5.92. The van der Waals surface area contributed by atoms with Gasteiger partial charge in [0.25, 0.3) is 5.91 Å². The van der Waals surface area contributed by atoms with Gasteiger partial charge in [-0.05, 0) is 60.1 Å². The lowest BCUT2D eigenvalue weighted by molar-refractivity contribution is -0.116. The molecule has 1 aliphatic rings. The summed E-state index contributed by atoms with van der Waals surface area (Å²) in [6, 6.07) is 8.34. The van der Waals surface area contributed by atoms with Gasteiger partial charge in [-0.2, -0.15) is 13.2 Å². The molecule has 3 rings (SSSR count). The molecule has 0 radical (unpaired) electrons. The fourth-order valence-corrected chi connectivity index (χ4v) is 3.30. The van der Waals surface area contributed by atoms with Crippen molar-refractivity contribution in [3.8, 4) is 0 Å². The van der Waals surface area contributed by atoms with E-state index >= 15 is 0 Å². The first kappa shape index (κ1) is 19.2. The zero-order valence-electron chi connectivity index (χ0n) is 14.4. The van der Waals surface area contributed by atoms with Gasteiger partial charge in [-0.3, -0.25) is 9.78 Å². The van der Waals surface area contributed by atoms with Crippen molar-refractivity contribution in [1.82, 2.24) is 9.88 Å². The molecule has 0 aliphatic carbocycles. The molecule has 2 heterocycles. The number of carbonyl (C=O) groups is 2. The number of thioether (sulfide) groups is 1. The van der Waals surface area contributed by atoms with Gasteiger partial charge in [0.15, 0.2) is 0 Å². The molecule has 27 heavy (non-hydrogen) atoms. The van der Waals surface area contributed by atoms with Crippen LogP contribution in [0.2, 0.25) is 0 Å². The lowest BCUT2D eigenvalue weighted by atomic mass is 10.2. The second-order valence-corrected chi connectivity index (χ2v) is 7.06. The summed E-state index contributed by atoms with van der Waals surface area (Å²) in [5, 5.41) is 0. The number of rotatable bonds is 5. The highest BCUT2D eigenvalue weighted by atomic mass is 32.2. The number of amides is 3. The van der Waals surface area contributed by atoms with Crippen LogP contribution in [0.5, 0.6) is 0 Å². The third-order valence-electron chi connectivity index (χ3n) is 3.98. The van der Waals surface area contributed by atoms with Gasteiger partial charge in [0.1, 0.15) is 6.54 Å². The summed E-state index contributed by atoms with van der Waals surface area (Å²) in [5.41, 5.74) is -2.38. The van der Waals surface area contributed by atoms with E-state index in [0.29, 0.717) is 0 Å². The number of urea groups is 1.